The maximum Gasteiger partial charge on any atom is 0.253 e. The van der Waals surface area contributed by atoms with Gasteiger partial charge in [-0.2, -0.15) is 0 Å². The van der Waals surface area contributed by atoms with Crippen LogP contribution in [0.3, 0.4) is 0 Å². The first-order valence-corrected chi connectivity index (χ1v) is 9.42. The molecular formula is C19H16BrCl2FN2O2. The molecular weight excluding hydrogens is 458 g/mol. The maximum absolute atomic E-state index is 14.0. The predicted molar refractivity (Wildman–Crippen MR) is 109 cm³/mol. The van der Waals surface area contributed by atoms with Crippen LogP contribution in [0.25, 0.3) is 0 Å². The topological polar surface area (TPSA) is 49.4 Å². The molecule has 0 aliphatic rings. The van der Waals surface area contributed by atoms with Crippen LogP contribution in [0.4, 0.5) is 4.39 Å². The summed E-state index contributed by atoms with van der Waals surface area (Å²) >= 11 is 15.1. The molecule has 0 spiro atoms. The second-order valence-corrected chi connectivity index (χ2v) is 7.36. The van der Waals surface area contributed by atoms with Crippen molar-refractivity contribution in [2.24, 2.45) is 0 Å². The van der Waals surface area contributed by atoms with Crippen LogP contribution in [0.2, 0.25) is 10.0 Å². The van der Waals surface area contributed by atoms with Gasteiger partial charge in [0.2, 0.25) is 5.91 Å². The summed E-state index contributed by atoms with van der Waals surface area (Å²) in [6.45, 7) is 3.61. The summed E-state index contributed by atoms with van der Waals surface area (Å²) in [6, 6.07) is 8.95. The van der Waals surface area contributed by atoms with Crippen molar-refractivity contribution in [2.75, 3.05) is 13.1 Å². The zero-order valence-corrected chi connectivity index (χ0v) is 17.2. The van der Waals surface area contributed by atoms with Gasteiger partial charge in [0.1, 0.15) is 5.82 Å². The maximum atomic E-state index is 14.0. The molecule has 2 aromatic carbocycles. The zero-order valence-electron chi connectivity index (χ0n) is 14.1. The Balaban J connectivity index is 2.05. The van der Waals surface area contributed by atoms with Gasteiger partial charge in [0.15, 0.2) is 0 Å². The van der Waals surface area contributed by atoms with Crippen molar-refractivity contribution in [3.63, 3.8) is 0 Å². The standard InChI is InChI=1S/C19H16BrCl2FN2O2/c1-2-7-25(11-12-8-13(20)3-6-17(12)23)18(26)10-24-19(27)15-5-4-14(21)9-16(15)22/h2-6,8-9H,1,7,10-11H2,(H,24,27). The Bertz CT molecular complexity index is 877. The second kappa shape index (κ2) is 9.88. The third-order valence-corrected chi connectivity index (χ3v) is 4.69. The van der Waals surface area contributed by atoms with E-state index in [1.54, 1.807) is 12.1 Å². The summed E-state index contributed by atoms with van der Waals surface area (Å²) in [6.07, 6.45) is 1.53. The molecule has 27 heavy (non-hydrogen) atoms. The SMILES string of the molecule is C=CCN(Cc1cc(Br)ccc1F)C(=O)CNC(=O)c1ccc(Cl)cc1Cl. The van der Waals surface area contributed by atoms with Crippen LogP contribution >= 0.6 is 39.1 Å². The number of halogens is 4. The fourth-order valence-electron chi connectivity index (χ4n) is 2.32. The third-order valence-electron chi connectivity index (χ3n) is 3.65. The summed E-state index contributed by atoms with van der Waals surface area (Å²) in [5, 5.41) is 3.10. The lowest BCUT2D eigenvalue weighted by molar-refractivity contribution is -0.130. The first-order chi connectivity index (χ1) is 12.8. The molecule has 4 nitrogen and oxygen atoms in total. The minimum Gasteiger partial charge on any atom is -0.343 e. The summed E-state index contributed by atoms with van der Waals surface area (Å²) in [4.78, 5) is 26.1. The molecule has 2 amide bonds. The largest absolute Gasteiger partial charge is 0.343 e. The molecule has 0 bridgehead atoms. The molecule has 0 aromatic heterocycles. The van der Waals surface area contributed by atoms with E-state index in [0.717, 1.165) is 0 Å². The molecule has 0 saturated carbocycles. The van der Waals surface area contributed by atoms with Crippen LogP contribution in [0.1, 0.15) is 15.9 Å². The molecule has 0 unspecified atom stereocenters. The highest BCUT2D eigenvalue weighted by Gasteiger charge is 2.17. The van der Waals surface area contributed by atoms with E-state index in [1.807, 2.05) is 0 Å². The number of nitrogens with one attached hydrogen (secondary N) is 1. The van der Waals surface area contributed by atoms with E-state index in [2.05, 4.69) is 27.8 Å². The summed E-state index contributed by atoms with van der Waals surface area (Å²) < 4.78 is 14.7. The highest BCUT2D eigenvalue weighted by molar-refractivity contribution is 9.10. The summed E-state index contributed by atoms with van der Waals surface area (Å²) in [5.41, 5.74) is 0.564. The normalized spacial score (nSPS) is 10.4. The lowest BCUT2D eigenvalue weighted by Gasteiger charge is -2.22. The Morgan fingerprint density at radius 3 is 2.63 bits per heavy atom. The first kappa shape index (κ1) is 21.4. The van der Waals surface area contributed by atoms with Crippen molar-refractivity contribution in [3.05, 3.63) is 80.5 Å². The van der Waals surface area contributed by atoms with Gasteiger partial charge in [0.05, 0.1) is 17.1 Å². The van der Waals surface area contributed by atoms with Crippen molar-refractivity contribution in [1.82, 2.24) is 10.2 Å². The van der Waals surface area contributed by atoms with Crippen molar-refractivity contribution < 1.29 is 14.0 Å². The van der Waals surface area contributed by atoms with Gasteiger partial charge in [0, 0.05) is 28.1 Å². The molecule has 0 aliphatic heterocycles. The van der Waals surface area contributed by atoms with Gasteiger partial charge in [-0.25, -0.2) is 4.39 Å². The molecule has 0 fully saturated rings. The van der Waals surface area contributed by atoms with Crippen LogP contribution in [0.5, 0.6) is 0 Å². The van der Waals surface area contributed by atoms with Gasteiger partial charge >= 0.3 is 0 Å². The molecule has 0 saturated heterocycles. The number of amides is 2. The van der Waals surface area contributed by atoms with Crippen molar-refractivity contribution in [3.8, 4) is 0 Å². The Kier molecular flexibility index (Phi) is 7.83. The number of carbonyl (C=O) groups excluding carboxylic acids is 2. The molecule has 142 valence electrons. The van der Waals surface area contributed by atoms with Crippen molar-refractivity contribution in [1.29, 1.82) is 0 Å². The number of hydrogen-bond acceptors (Lipinski definition) is 2. The summed E-state index contributed by atoms with van der Waals surface area (Å²) in [5.74, 6) is -1.30. The van der Waals surface area contributed by atoms with Gasteiger partial charge in [0.25, 0.3) is 5.91 Å². The number of carbonyl (C=O) groups is 2. The smallest absolute Gasteiger partial charge is 0.253 e. The molecule has 0 atom stereocenters. The minimum absolute atomic E-state index is 0.0493. The predicted octanol–water partition coefficient (Wildman–Crippen LogP) is 4.84. The van der Waals surface area contributed by atoms with Crippen LogP contribution in [0.15, 0.2) is 53.5 Å². The van der Waals surface area contributed by atoms with Gasteiger partial charge in [-0.1, -0.05) is 45.2 Å². The fourth-order valence-corrected chi connectivity index (χ4v) is 3.22. The molecule has 0 radical (unpaired) electrons. The van der Waals surface area contributed by atoms with Crippen LogP contribution in [-0.2, 0) is 11.3 Å². The first-order valence-electron chi connectivity index (χ1n) is 7.87. The zero-order chi connectivity index (χ0) is 20.0. The lowest BCUT2D eigenvalue weighted by atomic mass is 10.2. The Labute approximate surface area is 175 Å². The number of hydrogen-bond donors (Lipinski definition) is 1. The van der Waals surface area contributed by atoms with E-state index in [1.165, 1.54) is 35.2 Å². The van der Waals surface area contributed by atoms with E-state index in [0.29, 0.717) is 15.1 Å². The molecule has 0 aliphatic carbocycles. The van der Waals surface area contributed by atoms with Crippen molar-refractivity contribution in [2.45, 2.75) is 6.54 Å². The average molecular weight is 474 g/mol. The van der Waals surface area contributed by atoms with Gasteiger partial charge < -0.3 is 10.2 Å². The van der Waals surface area contributed by atoms with Crippen LogP contribution in [-0.4, -0.2) is 29.8 Å². The minimum atomic E-state index is -0.503. The Hall–Kier alpha value is -1.89. The number of nitrogens with zero attached hydrogens (tertiary/aromatic N) is 1. The Morgan fingerprint density at radius 2 is 1.96 bits per heavy atom. The molecule has 8 heteroatoms. The third kappa shape index (κ3) is 6.06. The van der Waals surface area contributed by atoms with E-state index in [9.17, 15) is 14.0 Å². The molecule has 0 heterocycles. The molecule has 2 aromatic rings. The Morgan fingerprint density at radius 1 is 1.22 bits per heavy atom. The van der Waals surface area contributed by atoms with E-state index in [-0.39, 0.29) is 36.1 Å². The van der Waals surface area contributed by atoms with Gasteiger partial charge in [-0.05, 0) is 36.4 Å². The molecule has 1 N–H and O–H groups in total. The highest BCUT2D eigenvalue weighted by atomic mass is 79.9. The number of rotatable bonds is 7. The summed E-state index contributed by atoms with van der Waals surface area (Å²) in [7, 11) is 0. The monoisotopic (exact) mass is 472 g/mol. The van der Waals surface area contributed by atoms with E-state index in [4.69, 9.17) is 23.2 Å². The van der Waals surface area contributed by atoms with Gasteiger partial charge in [-0.3, -0.25) is 9.59 Å². The lowest BCUT2D eigenvalue weighted by Crippen LogP contribution is -2.40. The molecule has 2 rings (SSSR count). The number of benzene rings is 2. The quantitative estimate of drug-likeness (QED) is 0.585. The van der Waals surface area contributed by atoms with E-state index < -0.39 is 11.7 Å². The fraction of sp³-hybridized carbons (Fsp3) is 0.158. The second-order valence-electron chi connectivity index (χ2n) is 5.61. The van der Waals surface area contributed by atoms with E-state index >= 15 is 0 Å². The van der Waals surface area contributed by atoms with Crippen LogP contribution < -0.4 is 5.32 Å². The average Bonchev–Trinajstić information content (AvgIpc) is 2.62. The van der Waals surface area contributed by atoms with Crippen LogP contribution in [0, 0.1) is 5.82 Å². The highest BCUT2D eigenvalue weighted by Crippen LogP contribution is 2.21. The van der Waals surface area contributed by atoms with Gasteiger partial charge in [-0.15, -0.1) is 6.58 Å². The van der Waals surface area contributed by atoms with Crippen molar-refractivity contribution >= 4 is 50.9 Å².